The summed E-state index contributed by atoms with van der Waals surface area (Å²) in [5.74, 6) is 0.251. The molecular weight excluding hydrogens is 364 g/mol. The Morgan fingerprint density at radius 1 is 1.57 bits per heavy atom. The Kier molecular flexibility index (Phi) is 5.44. The van der Waals surface area contributed by atoms with Crippen molar-refractivity contribution in [3.05, 3.63) is 51.9 Å². The lowest BCUT2D eigenvalue weighted by molar-refractivity contribution is -0.117. The van der Waals surface area contributed by atoms with Gasteiger partial charge in [0, 0.05) is 0 Å². The van der Waals surface area contributed by atoms with E-state index in [-0.39, 0.29) is 23.6 Å². The van der Waals surface area contributed by atoms with E-state index in [9.17, 15) is 15.2 Å². The number of methoxy groups -OCH3 is 1. The zero-order valence-electron chi connectivity index (χ0n) is 12.2. The number of carbonyl (C=O) groups is 1. The molecule has 2 aromatic rings. The number of nitriles is 1. The van der Waals surface area contributed by atoms with E-state index in [0.717, 1.165) is 0 Å². The third-order valence-corrected chi connectivity index (χ3v) is 3.55. The average molecular weight is 377 g/mol. The molecule has 0 bridgehead atoms. The molecule has 0 atom stereocenters. The maximum absolute atomic E-state index is 12.0. The number of hydrogen-bond acceptors (Lipinski definition) is 5. The molecule has 0 fully saturated rings. The SMILES string of the molecule is COc1cc(/C=C(\C#N)C(=O)NCc2ccco2)cc(Br)c1O. The lowest BCUT2D eigenvalue weighted by Gasteiger charge is -2.07. The van der Waals surface area contributed by atoms with Crippen molar-refractivity contribution < 1.29 is 19.1 Å². The van der Waals surface area contributed by atoms with E-state index in [1.54, 1.807) is 18.2 Å². The zero-order chi connectivity index (χ0) is 16.8. The summed E-state index contributed by atoms with van der Waals surface area (Å²) in [4.78, 5) is 12.0. The van der Waals surface area contributed by atoms with E-state index >= 15 is 0 Å². The minimum absolute atomic E-state index is 0.0505. The first-order valence-electron chi connectivity index (χ1n) is 6.54. The Balaban J connectivity index is 2.19. The number of ether oxygens (including phenoxy) is 1. The van der Waals surface area contributed by atoms with Gasteiger partial charge in [-0.05, 0) is 51.8 Å². The van der Waals surface area contributed by atoms with Crippen molar-refractivity contribution in [2.75, 3.05) is 7.11 Å². The molecule has 1 aromatic heterocycles. The van der Waals surface area contributed by atoms with Crippen LogP contribution in [0.4, 0.5) is 0 Å². The Labute approximate surface area is 141 Å². The first-order chi connectivity index (χ1) is 11.0. The normalized spacial score (nSPS) is 10.9. The van der Waals surface area contributed by atoms with E-state index in [4.69, 9.17) is 9.15 Å². The third kappa shape index (κ3) is 4.14. The van der Waals surface area contributed by atoms with Crippen molar-refractivity contribution in [3.8, 4) is 17.6 Å². The molecule has 2 rings (SSSR count). The van der Waals surface area contributed by atoms with Crippen molar-refractivity contribution in [3.63, 3.8) is 0 Å². The van der Waals surface area contributed by atoms with E-state index in [2.05, 4.69) is 21.2 Å². The molecule has 7 heteroatoms. The summed E-state index contributed by atoms with van der Waals surface area (Å²) in [6, 6.07) is 8.39. The number of aromatic hydroxyl groups is 1. The molecule has 23 heavy (non-hydrogen) atoms. The minimum atomic E-state index is -0.521. The predicted octanol–water partition coefficient (Wildman–Crippen LogP) is 2.98. The summed E-state index contributed by atoms with van der Waals surface area (Å²) in [5.41, 5.74) is 0.465. The lowest BCUT2D eigenvalue weighted by atomic mass is 10.1. The van der Waals surface area contributed by atoms with Crippen LogP contribution >= 0.6 is 15.9 Å². The summed E-state index contributed by atoms with van der Waals surface area (Å²) in [6.07, 6.45) is 2.91. The summed E-state index contributed by atoms with van der Waals surface area (Å²) in [6.45, 7) is 0.188. The van der Waals surface area contributed by atoms with Crippen molar-refractivity contribution in [2.24, 2.45) is 0 Å². The van der Waals surface area contributed by atoms with Gasteiger partial charge in [0.05, 0.1) is 24.4 Å². The fraction of sp³-hybridized carbons (Fsp3) is 0.125. The highest BCUT2D eigenvalue weighted by molar-refractivity contribution is 9.10. The van der Waals surface area contributed by atoms with Gasteiger partial charge in [0.1, 0.15) is 17.4 Å². The average Bonchev–Trinajstić information content (AvgIpc) is 3.06. The van der Waals surface area contributed by atoms with Crippen LogP contribution in [0.25, 0.3) is 6.08 Å². The van der Waals surface area contributed by atoms with Crippen LogP contribution in [-0.4, -0.2) is 18.1 Å². The van der Waals surface area contributed by atoms with Gasteiger partial charge in [-0.25, -0.2) is 0 Å². The van der Waals surface area contributed by atoms with E-state index in [0.29, 0.717) is 15.8 Å². The van der Waals surface area contributed by atoms with Gasteiger partial charge in [-0.2, -0.15) is 5.26 Å². The number of amides is 1. The van der Waals surface area contributed by atoms with E-state index in [1.807, 2.05) is 6.07 Å². The number of phenolic OH excluding ortho intramolecular Hbond substituents is 1. The van der Waals surface area contributed by atoms with Crippen LogP contribution in [-0.2, 0) is 11.3 Å². The topological polar surface area (TPSA) is 95.5 Å². The fourth-order valence-corrected chi connectivity index (χ4v) is 2.28. The summed E-state index contributed by atoms with van der Waals surface area (Å²) < 4.78 is 10.5. The third-order valence-electron chi connectivity index (χ3n) is 2.95. The molecule has 1 aromatic carbocycles. The number of rotatable bonds is 5. The molecule has 0 saturated heterocycles. The van der Waals surface area contributed by atoms with Gasteiger partial charge < -0.3 is 19.6 Å². The number of carbonyl (C=O) groups excluding carboxylic acids is 1. The number of nitrogens with zero attached hydrogens (tertiary/aromatic N) is 1. The largest absolute Gasteiger partial charge is 0.503 e. The molecule has 0 aliphatic heterocycles. The van der Waals surface area contributed by atoms with Crippen molar-refractivity contribution >= 4 is 27.9 Å². The highest BCUT2D eigenvalue weighted by atomic mass is 79.9. The molecule has 0 unspecified atom stereocenters. The zero-order valence-corrected chi connectivity index (χ0v) is 13.8. The van der Waals surface area contributed by atoms with E-state index < -0.39 is 5.91 Å². The lowest BCUT2D eigenvalue weighted by Crippen LogP contribution is -2.23. The minimum Gasteiger partial charge on any atom is -0.503 e. The molecule has 1 amide bonds. The Hall–Kier alpha value is -2.72. The molecule has 118 valence electrons. The van der Waals surface area contributed by atoms with Gasteiger partial charge >= 0.3 is 0 Å². The molecule has 2 N–H and O–H groups in total. The Morgan fingerprint density at radius 3 is 2.96 bits per heavy atom. The van der Waals surface area contributed by atoms with Crippen LogP contribution in [0, 0.1) is 11.3 Å². The summed E-state index contributed by atoms with van der Waals surface area (Å²) in [5, 5.41) is 21.5. The van der Waals surface area contributed by atoms with Gasteiger partial charge in [-0.3, -0.25) is 4.79 Å². The number of nitrogens with one attached hydrogen (secondary N) is 1. The van der Waals surface area contributed by atoms with Crippen LogP contribution in [0.2, 0.25) is 0 Å². The molecule has 0 aliphatic carbocycles. The second-order valence-electron chi connectivity index (χ2n) is 4.49. The standard InChI is InChI=1S/C16H13BrN2O4/c1-22-14-7-10(6-13(17)15(14)20)5-11(8-18)16(21)19-9-12-3-2-4-23-12/h2-7,20H,9H2,1H3,(H,19,21)/b11-5+. The van der Waals surface area contributed by atoms with Gasteiger partial charge in [-0.15, -0.1) is 0 Å². The Morgan fingerprint density at radius 2 is 2.35 bits per heavy atom. The van der Waals surface area contributed by atoms with Gasteiger partial charge in [-0.1, -0.05) is 0 Å². The summed E-state index contributed by atoms with van der Waals surface area (Å²) in [7, 11) is 1.41. The quantitative estimate of drug-likeness (QED) is 0.617. The molecular formula is C16H13BrN2O4. The highest BCUT2D eigenvalue weighted by Crippen LogP contribution is 2.35. The van der Waals surface area contributed by atoms with Crippen molar-refractivity contribution in [1.29, 1.82) is 5.26 Å². The highest BCUT2D eigenvalue weighted by Gasteiger charge is 2.12. The Bertz CT molecular complexity index is 776. The molecule has 6 nitrogen and oxygen atoms in total. The number of halogens is 1. The number of benzene rings is 1. The smallest absolute Gasteiger partial charge is 0.262 e. The van der Waals surface area contributed by atoms with Crippen LogP contribution in [0.3, 0.4) is 0 Å². The second-order valence-corrected chi connectivity index (χ2v) is 5.34. The summed E-state index contributed by atoms with van der Waals surface area (Å²) >= 11 is 3.19. The maximum atomic E-state index is 12.0. The molecule has 0 spiro atoms. The molecule has 0 aliphatic rings. The van der Waals surface area contributed by atoms with Gasteiger partial charge in [0.2, 0.25) is 0 Å². The van der Waals surface area contributed by atoms with Crippen LogP contribution < -0.4 is 10.1 Å². The van der Waals surface area contributed by atoms with E-state index in [1.165, 1.54) is 25.5 Å². The molecule has 0 saturated carbocycles. The van der Waals surface area contributed by atoms with Crippen LogP contribution in [0.5, 0.6) is 11.5 Å². The molecule has 0 radical (unpaired) electrons. The maximum Gasteiger partial charge on any atom is 0.262 e. The second kappa shape index (κ2) is 7.51. The van der Waals surface area contributed by atoms with Gasteiger partial charge in [0.15, 0.2) is 11.5 Å². The van der Waals surface area contributed by atoms with Gasteiger partial charge in [0.25, 0.3) is 5.91 Å². The van der Waals surface area contributed by atoms with Crippen molar-refractivity contribution in [2.45, 2.75) is 6.54 Å². The van der Waals surface area contributed by atoms with Crippen LogP contribution in [0.1, 0.15) is 11.3 Å². The first kappa shape index (κ1) is 16.6. The molecule has 1 heterocycles. The number of furan rings is 1. The monoisotopic (exact) mass is 376 g/mol. The predicted molar refractivity (Wildman–Crippen MR) is 86.5 cm³/mol. The van der Waals surface area contributed by atoms with Crippen molar-refractivity contribution in [1.82, 2.24) is 5.32 Å². The number of hydrogen-bond donors (Lipinski definition) is 2. The first-order valence-corrected chi connectivity index (χ1v) is 7.33. The van der Waals surface area contributed by atoms with Crippen LogP contribution in [0.15, 0.2) is 45.0 Å². The number of phenols is 1. The fourth-order valence-electron chi connectivity index (χ4n) is 1.82.